The maximum absolute atomic E-state index is 12.9. The molecule has 0 aliphatic carbocycles. The van der Waals surface area contributed by atoms with Crippen LogP contribution >= 0.6 is 0 Å². The van der Waals surface area contributed by atoms with E-state index in [0.717, 1.165) is 12.1 Å². The molecule has 1 rings (SSSR count). The highest BCUT2D eigenvalue weighted by Gasteiger charge is 2.40. The van der Waals surface area contributed by atoms with Crippen LogP contribution in [0.25, 0.3) is 0 Å². The van der Waals surface area contributed by atoms with Gasteiger partial charge in [0.25, 0.3) is 0 Å². The summed E-state index contributed by atoms with van der Waals surface area (Å²) >= 11 is 0. The van der Waals surface area contributed by atoms with Gasteiger partial charge in [-0.05, 0) is 43.1 Å². The molecule has 0 radical (unpaired) electrons. The first kappa shape index (κ1) is 14.0. The standard InChI is InChI=1S/C12H15F4N/c1-3-6-17-11(12(14,15)16)10-5-4-9(13)7-8(10)2/h4-5,7,11,17H,3,6H2,1-2H3. The largest absolute Gasteiger partial charge is 0.407 e. The van der Waals surface area contributed by atoms with Crippen LogP contribution in [0.15, 0.2) is 18.2 Å². The lowest BCUT2D eigenvalue weighted by Crippen LogP contribution is -2.35. The van der Waals surface area contributed by atoms with E-state index in [0.29, 0.717) is 12.0 Å². The molecule has 1 aromatic rings. The lowest BCUT2D eigenvalue weighted by Gasteiger charge is -2.23. The van der Waals surface area contributed by atoms with Crippen molar-refractivity contribution < 1.29 is 17.6 Å². The summed E-state index contributed by atoms with van der Waals surface area (Å²) in [4.78, 5) is 0. The fourth-order valence-corrected chi connectivity index (χ4v) is 1.65. The Kier molecular flexibility index (Phi) is 4.51. The van der Waals surface area contributed by atoms with Crippen molar-refractivity contribution in [1.29, 1.82) is 0 Å². The molecule has 0 bridgehead atoms. The molecule has 17 heavy (non-hydrogen) atoms. The molecular formula is C12H15F4N. The van der Waals surface area contributed by atoms with Gasteiger partial charge in [0, 0.05) is 0 Å². The second kappa shape index (κ2) is 5.49. The Morgan fingerprint density at radius 3 is 2.41 bits per heavy atom. The van der Waals surface area contributed by atoms with Crippen molar-refractivity contribution in [1.82, 2.24) is 5.32 Å². The Hall–Kier alpha value is -1.10. The molecule has 1 atom stereocenters. The van der Waals surface area contributed by atoms with Crippen LogP contribution in [0.4, 0.5) is 17.6 Å². The van der Waals surface area contributed by atoms with Crippen molar-refractivity contribution in [3.63, 3.8) is 0 Å². The number of hydrogen-bond donors (Lipinski definition) is 1. The van der Waals surface area contributed by atoms with Crippen LogP contribution < -0.4 is 5.32 Å². The van der Waals surface area contributed by atoms with Gasteiger partial charge in [0.1, 0.15) is 11.9 Å². The number of nitrogens with one attached hydrogen (secondary N) is 1. The average molecular weight is 249 g/mol. The monoisotopic (exact) mass is 249 g/mol. The maximum Gasteiger partial charge on any atom is 0.407 e. The number of rotatable bonds is 4. The van der Waals surface area contributed by atoms with Crippen molar-refractivity contribution in [2.75, 3.05) is 6.54 Å². The lowest BCUT2D eigenvalue weighted by atomic mass is 10.0. The van der Waals surface area contributed by atoms with Crippen LogP contribution in [0.5, 0.6) is 0 Å². The van der Waals surface area contributed by atoms with E-state index in [9.17, 15) is 17.6 Å². The zero-order chi connectivity index (χ0) is 13.1. The van der Waals surface area contributed by atoms with Gasteiger partial charge in [0.15, 0.2) is 0 Å². The lowest BCUT2D eigenvalue weighted by molar-refractivity contribution is -0.157. The van der Waals surface area contributed by atoms with Gasteiger partial charge in [-0.1, -0.05) is 13.0 Å². The van der Waals surface area contributed by atoms with E-state index in [1.165, 1.54) is 13.0 Å². The van der Waals surface area contributed by atoms with Crippen molar-refractivity contribution in [3.05, 3.63) is 35.1 Å². The van der Waals surface area contributed by atoms with E-state index in [4.69, 9.17) is 0 Å². The minimum Gasteiger partial charge on any atom is -0.302 e. The molecule has 0 amide bonds. The smallest absolute Gasteiger partial charge is 0.302 e. The van der Waals surface area contributed by atoms with E-state index >= 15 is 0 Å². The summed E-state index contributed by atoms with van der Waals surface area (Å²) in [5.41, 5.74) is 0.378. The molecule has 5 heteroatoms. The van der Waals surface area contributed by atoms with Gasteiger partial charge in [-0.3, -0.25) is 0 Å². The van der Waals surface area contributed by atoms with Crippen LogP contribution in [0.3, 0.4) is 0 Å². The van der Waals surface area contributed by atoms with Gasteiger partial charge < -0.3 is 5.32 Å². The Morgan fingerprint density at radius 1 is 1.29 bits per heavy atom. The van der Waals surface area contributed by atoms with Crippen LogP contribution in [-0.2, 0) is 0 Å². The first-order valence-corrected chi connectivity index (χ1v) is 5.42. The van der Waals surface area contributed by atoms with Crippen molar-refractivity contribution in [2.45, 2.75) is 32.5 Å². The van der Waals surface area contributed by atoms with Gasteiger partial charge >= 0.3 is 6.18 Å². The van der Waals surface area contributed by atoms with Gasteiger partial charge in [0.2, 0.25) is 0 Å². The summed E-state index contributed by atoms with van der Waals surface area (Å²) in [7, 11) is 0. The van der Waals surface area contributed by atoms with Crippen LogP contribution in [0.1, 0.15) is 30.5 Å². The molecule has 1 nitrogen and oxygen atoms in total. The number of alkyl halides is 3. The SMILES string of the molecule is CCCNC(c1ccc(F)cc1C)C(F)(F)F. The summed E-state index contributed by atoms with van der Waals surface area (Å²) in [6.45, 7) is 3.53. The van der Waals surface area contributed by atoms with Crippen LogP contribution in [0.2, 0.25) is 0 Å². The normalized spacial score (nSPS) is 13.8. The molecule has 0 heterocycles. The third kappa shape index (κ3) is 3.70. The number of hydrogen-bond acceptors (Lipinski definition) is 1. The van der Waals surface area contributed by atoms with E-state index in [1.807, 2.05) is 0 Å². The van der Waals surface area contributed by atoms with Crippen molar-refractivity contribution in [2.24, 2.45) is 0 Å². The van der Waals surface area contributed by atoms with Crippen molar-refractivity contribution >= 4 is 0 Å². The summed E-state index contributed by atoms with van der Waals surface area (Å²) in [5.74, 6) is -0.525. The first-order valence-electron chi connectivity index (χ1n) is 5.42. The number of benzene rings is 1. The molecule has 0 saturated carbocycles. The first-order chi connectivity index (χ1) is 7.86. The number of aryl methyl sites for hydroxylation is 1. The predicted molar refractivity (Wildman–Crippen MR) is 58.2 cm³/mol. The molecule has 0 saturated heterocycles. The molecule has 0 aromatic heterocycles. The quantitative estimate of drug-likeness (QED) is 0.801. The summed E-state index contributed by atoms with van der Waals surface area (Å²) in [6.07, 6.45) is -3.77. The van der Waals surface area contributed by atoms with E-state index < -0.39 is 18.0 Å². The predicted octanol–water partition coefficient (Wildman–Crippen LogP) is 3.74. The molecule has 0 aliphatic heterocycles. The maximum atomic E-state index is 12.9. The number of halogens is 4. The highest BCUT2D eigenvalue weighted by atomic mass is 19.4. The minimum atomic E-state index is -4.38. The highest BCUT2D eigenvalue weighted by Crippen LogP contribution is 2.34. The van der Waals surface area contributed by atoms with E-state index in [-0.39, 0.29) is 12.1 Å². The van der Waals surface area contributed by atoms with Gasteiger partial charge in [-0.2, -0.15) is 13.2 Å². The van der Waals surface area contributed by atoms with Crippen molar-refractivity contribution in [3.8, 4) is 0 Å². The third-order valence-electron chi connectivity index (χ3n) is 2.47. The molecule has 96 valence electrons. The second-order valence-corrected chi connectivity index (χ2v) is 3.93. The Morgan fingerprint density at radius 2 is 1.94 bits per heavy atom. The molecule has 0 fully saturated rings. The second-order valence-electron chi connectivity index (χ2n) is 3.93. The van der Waals surface area contributed by atoms with Gasteiger partial charge in [0.05, 0.1) is 0 Å². The Labute approximate surface area is 97.8 Å². The molecule has 1 unspecified atom stereocenters. The summed E-state index contributed by atoms with van der Waals surface area (Å²) in [5, 5.41) is 2.44. The van der Waals surface area contributed by atoms with E-state index in [1.54, 1.807) is 6.92 Å². The van der Waals surface area contributed by atoms with Gasteiger partial charge in [-0.15, -0.1) is 0 Å². The zero-order valence-corrected chi connectivity index (χ0v) is 9.74. The molecule has 0 aliphatic rings. The topological polar surface area (TPSA) is 12.0 Å². The Bertz CT molecular complexity index is 373. The molecular weight excluding hydrogens is 234 g/mol. The minimum absolute atomic E-state index is 0.0763. The van der Waals surface area contributed by atoms with Gasteiger partial charge in [-0.25, -0.2) is 4.39 Å². The molecule has 0 spiro atoms. The highest BCUT2D eigenvalue weighted by molar-refractivity contribution is 5.30. The summed E-state index contributed by atoms with van der Waals surface area (Å²) in [6, 6.07) is 1.62. The molecule has 1 aromatic carbocycles. The average Bonchev–Trinajstić information content (AvgIpc) is 2.19. The fourth-order valence-electron chi connectivity index (χ4n) is 1.65. The summed E-state index contributed by atoms with van der Waals surface area (Å²) < 4.78 is 51.4. The molecule has 1 N–H and O–H groups in total. The fraction of sp³-hybridized carbons (Fsp3) is 0.500. The van der Waals surface area contributed by atoms with Crippen LogP contribution in [0, 0.1) is 12.7 Å². The zero-order valence-electron chi connectivity index (χ0n) is 9.74. The Balaban J connectivity index is 3.04. The van der Waals surface area contributed by atoms with E-state index in [2.05, 4.69) is 5.32 Å². The third-order valence-corrected chi connectivity index (χ3v) is 2.47. The van der Waals surface area contributed by atoms with Crippen LogP contribution in [-0.4, -0.2) is 12.7 Å².